The van der Waals surface area contributed by atoms with E-state index < -0.39 is 17.2 Å². The van der Waals surface area contributed by atoms with Gasteiger partial charge in [-0.25, -0.2) is 4.79 Å². The smallest absolute Gasteiger partial charge is 0.408 e. The molecule has 1 rings (SSSR count). The van der Waals surface area contributed by atoms with Crippen LogP contribution in [-0.2, 0) is 14.3 Å². The molecule has 1 saturated carbocycles. The zero-order valence-corrected chi connectivity index (χ0v) is 14.0. The lowest BCUT2D eigenvalue weighted by atomic mass is 9.85. The summed E-state index contributed by atoms with van der Waals surface area (Å²) in [5.41, 5.74) is 3.41. The first-order valence-corrected chi connectivity index (χ1v) is 7.58. The van der Waals surface area contributed by atoms with Gasteiger partial charge in [0, 0.05) is 11.5 Å². The molecule has 0 unspecified atom stereocenters. The lowest BCUT2D eigenvalue weighted by molar-refractivity contribution is -0.133. The van der Waals surface area contributed by atoms with Gasteiger partial charge in [-0.15, -0.1) is 0 Å². The molecular weight excluding hydrogens is 286 g/mol. The highest BCUT2D eigenvalue weighted by Crippen LogP contribution is 2.25. The van der Waals surface area contributed by atoms with Crippen molar-refractivity contribution in [1.82, 2.24) is 16.2 Å². The zero-order valence-electron chi connectivity index (χ0n) is 14.0. The summed E-state index contributed by atoms with van der Waals surface area (Å²) in [5.74, 6) is -0.514. The molecule has 1 aliphatic carbocycles. The molecular formula is C15H27N3O4. The van der Waals surface area contributed by atoms with Gasteiger partial charge in [0.15, 0.2) is 0 Å². The summed E-state index contributed by atoms with van der Waals surface area (Å²) < 4.78 is 5.16. The Morgan fingerprint density at radius 1 is 1.05 bits per heavy atom. The van der Waals surface area contributed by atoms with Crippen LogP contribution in [0.3, 0.4) is 0 Å². The normalized spacial score (nSPS) is 15.5. The van der Waals surface area contributed by atoms with Gasteiger partial charge in [0.1, 0.15) is 5.60 Å². The molecule has 126 valence electrons. The largest absolute Gasteiger partial charge is 0.444 e. The van der Waals surface area contributed by atoms with Crippen molar-refractivity contribution in [1.29, 1.82) is 0 Å². The highest BCUT2D eigenvalue weighted by molar-refractivity contribution is 5.84. The van der Waals surface area contributed by atoms with Gasteiger partial charge in [0.05, 0.1) is 6.42 Å². The fourth-order valence-corrected chi connectivity index (χ4v) is 1.97. The van der Waals surface area contributed by atoms with Crippen molar-refractivity contribution < 1.29 is 19.1 Å². The SMILES string of the molecule is CC(C)(CC(=O)NNC(=O)C1CCC1)NC(=O)OC(C)(C)C. The first kappa shape index (κ1) is 18.3. The molecule has 3 N–H and O–H groups in total. The predicted molar refractivity (Wildman–Crippen MR) is 81.7 cm³/mol. The highest BCUT2D eigenvalue weighted by Gasteiger charge is 2.28. The number of hydrogen-bond acceptors (Lipinski definition) is 4. The number of carbonyl (C=O) groups excluding carboxylic acids is 3. The Labute approximate surface area is 131 Å². The van der Waals surface area contributed by atoms with Crippen molar-refractivity contribution >= 4 is 17.9 Å². The van der Waals surface area contributed by atoms with Crippen LogP contribution in [0.5, 0.6) is 0 Å². The average Bonchev–Trinajstić information content (AvgIpc) is 2.18. The maximum atomic E-state index is 11.8. The summed E-state index contributed by atoms with van der Waals surface area (Å²) in [4.78, 5) is 35.2. The number of nitrogens with one attached hydrogen (secondary N) is 3. The van der Waals surface area contributed by atoms with Gasteiger partial charge in [-0.3, -0.25) is 20.4 Å². The molecule has 7 heteroatoms. The van der Waals surface area contributed by atoms with Crippen LogP contribution in [-0.4, -0.2) is 29.0 Å². The third-order valence-electron chi connectivity index (χ3n) is 3.24. The van der Waals surface area contributed by atoms with Crippen molar-refractivity contribution in [2.24, 2.45) is 5.92 Å². The van der Waals surface area contributed by atoms with Gasteiger partial charge in [0.25, 0.3) is 0 Å². The van der Waals surface area contributed by atoms with E-state index in [1.54, 1.807) is 34.6 Å². The second-order valence-corrected chi connectivity index (χ2v) is 7.35. The van der Waals surface area contributed by atoms with Crippen molar-refractivity contribution in [3.63, 3.8) is 0 Å². The second-order valence-electron chi connectivity index (χ2n) is 7.35. The first-order chi connectivity index (χ1) is 9.98. The monoisotopic (exact) mass is 313 g/mol. The second kappa shape index (κ2) is 6.98. The van der Waals surface area contributed by atoms with Crippen molar-refractivity contribution in [2.75, 3.05) is 0 Å². The van der Waals surface area contributed by atoms with Gasteiger partial charge >= 0.3 is 6.09 Å². The predicted octanol–water partition coefficient (Wildman–Crippen LogP) is 1.63. The molecule has 0 aliphatic heterocycles. The van der Waals surface area contributed by atoms with E-state index in [4.69, 9.17) is 4.74 Å². The molecule has 0 radical (unpaired) electrons. The zero-order chi connectivity index (χ0) is 17.0. The third kappa shape index (κ3) is 6.78. The van der Waals surface area contributed by atoms with Crippen molar-refractivity contribution in [3.05, 3.63) is 0 Å². The van der Waals surface area contributed by atoms with E-state index in [-0.39, 0.29) is 24.2 Å². The van der Waals surface area contributed by atoms with Crippen LogP contribution in [0.25, 0.3) is 0 Å². The molecule has 0 aromatic heterocycles. The summed E-state index contributed by atoms with van der Waals surface area (Å²) in [6.07, 6.45) is 2.24. The molecule has 0 heterocycles. The van der Waals surface area contributed by atoms with Crippen molar-refractivity contribution in [2.45, 2.75) is 71.4 Å². The lowest BCUT2D eigenvalue weighted by Gasteiger charge is -2.28. The van der Waals surface area contributed by atoms with Crippen LogP contribution in [0.4, 0.5) is 4.79 Å². The summed E-state index contributed by atoms with van der Waals surface area (Å²) in [7, 11) is 0. The number of rotatable bonds is 4. The van der Waals surface area contributed by atoms with E-state index in [0.29, 0.717) is 0 Å². The van der Waals surface area contributed by atoms with Gasteiger partial charge in [0.2, 0.25) is 11.8 Å². The van der Waals surface area contributed by atoms with Crippen LogP contribution in [0.1, 0.15) is 60.3 Å². The van der Waals surface area contributed by atoms with E-state index in [0.717, 1.165) is 19.3 Å². The number of carbonyl (C=O) groups is 3. The summed E-state index contributed by atoms with van der Waals surface area (Å²) in [6, 6.07) is 0. The highest BCUT2D eigenvalue weighted by atomic mass is 16.6. The van der Waals surface area contributed by atoms with E-state index in [9.17, 15) is 14.4 Å². The molecule has 1 fully saturated rings. The van der Waals surface area contributed by atoms with Crippen LogP contribution < -0.4 is 16.2 Å². The molecule has 7 nitrogen and oxygen atoms in total. The minimum atomic E-state index is -0.784. The van der Waals surface area contributed by atoms with Crippen LogP contribution in [0, 0.1) is 5.92 Å². The Morgan fingerprint density at radius 2 is 1.64 bits per heavy atom. The van der Waals surface area contributed by atoms with Crippen LogP contribution in [0.15, 0.2) is 0 Å². The molecule has 0 spiro atoms. The molecule has 22 heavy (non-hydrogen) atoms. The molecule has 0 bridgehead atoms. The molecule has 0 saturated heterocycles. The van der Waals surface area contributed by atoms with E-state index in [1.807, 2.05) is 0 Å². The summed E-state index contributed by atoms with van der Waals surface area (Å²) >= 11 is 0. The van der Waals surface area contributed by atoms with Crippen LogP contribution in [0.2, 0.25) is 0 Å². The Morgan fingerprint density at radius 3 is 2.09 bits per heavy atom. The van der Waals surface area contributed by atoms with Gasteiger partial charge in [-0.1, -0.05) is 6.42 Å². The summed E-state index contributed by atoms with van der Waals surface area (Å²) in [5, 5.41) is 2.64. The summed E-state index contributed by atoms with van der Waals surface area (Å²) in [6.45, 7) is 8.72. The Bertz CT molecular complexity index is 437. The average molecular weight is 313 g/mol. The Hall–Kier alpha value is -1.79. The van der Waals surface area contributed by atoms with Gasteiger partial charge < -0.3 is 10.1 Å². The maximum absolute atomic E-state index is 11.8. The first-order valence-electron chi connectivity index (χ1n) is 7.58. The topological polar surface area (TPSA) is 96.5 Å². The molecule has 3 amide bonds. The fourth-order valence-electron chi connectivity index (χ4n) is 1.97. The molecule has 0 aromatic carbocycles. The number of hydrogen-bond donors (Lipinski definition) is 3. The Balaban J connectivity index is 2.34. The van der Waals surface area contributed by atoms with E-state index in [1.165, 1.54) is 0 Å². The maximum Gasteiger partial charge on any atom is 0.408 e. The van der Waals surface area contributed by atoms with Gasteiger partial charge in [-0.2, -0.15) is 0 Å². The minimum Gasteiger partial charge on any atom is -0.444 e. The number of ether oxygens (including phenoxy) is 1. The van der Waals surface area contributed by atoms with Crippen molar-refractivity contribution in [3.8, 4) is 0 Å². The number of hydrazine groups is 1. The molecule has 1 aliphatic rings. The fraction of sp³-hybridized carbons (Fsp3) is 0.800. The Kier molecular flexibility index (Phi) is 5.79. The minimum absolute atomic E-state index is 0.00759. The molecule has 0 atom stereocenters. The number of amides is 3. The third-order valence-corrected chi connectivity index (χ3v) is 3.24. The van der Waals surface area contributed by atoms with Crippen LogP contribution >= 0.6 is 0 Å². The van der Waals surface area contributed by atoms with Gasteiger partial charge in [-0.05, 0) is 47.5 Å². The number of alkyl carbamates (subject to hydrolysis) is 1. The standard InChI is InChI=1S/C15H27N3O4/c1-14(2,3)22-13(21)16-15(4,5)9-11(19)17-18-12(20)10-7-6-8-10/h10H,6-9H2,1-5H3,(H,16,21)(H,17,19)(H,18,20). The lowest BCUT2D eigenvalue weighted by Crippen LogP contribution is -2.51. The molecule has 0 aromatic rings. The quantitative estimate of drug-likeness (QED) is 0.687. The van der Waals surface area contributed by atoms with E-state index >= 15 is 0 Å². The van der Waals surface area contributed by atoms with E-state index in [2.05, 4.69) is 16.2 Å².